The van der Waals surface area contributed by atoms with Gasteiger partial charge in [-0.3, -0.25) is 14.0 Å². The summed E-state index contributed by atoms with van der Waals surface area (Å²) in [7, 11) is 0. The lowest BCUT2D eigenvalue weighted by molar-refractivity contribution is -0.131. The molecule has 0 unspecified atom stereocenters. The summed E-state index contributed by atoms with van der Waals surface area (Å²) in [6.45, 7) is 7.72. The Morgan fingerprint density at radius 1 is 1.18 bits per heavy atom. The SMILES string of the molecule is CC1(C)[C@@H]2CC[C@@H](CNC(=O)c3cccc4nc(CC(=O)N5CCC(CN)CC5)cn34)[C@H]1C2. The van der Waals surface area contributed by atoms with Gasteiger partial charge in [0.1, 0.15) is 11.3 Å². The van der Waals surface area contributed by atoms with E-state index in [-0.39, 0.29) is 18.2 Å². The molecule has 3 atom stereocenters. The van der Waals surface area contributed by atoms with Crippen molar-refractivity contribution in [3.05, 3.63) is 35.8 Å². The fourth-order valence-corrected chi connectivity index (χ4v) is 6.54. The second-order valence-corrected chi connectivity index (χ2v) is 11.0. The average molecular weight is 452 g/mol. The lowest BCUT2D eigenvalue weighted by atomic mass is 9.45. The number of carbonyl (C=O) groups is 2. The number of rotatable bonds is 6. The number of amides is 2. The molecule has 3 heterocycles. The normalized spacial score (nSPS) is 26.8. The highest BCUT2D eigenvalue weighted by atomic mass is 16.2. The van der Waals surface area contributed by atoms with E-state index < -0.39 is 0 Å². The van der Waals surface area contributed by atoms with Crippen molar-refractivity contribution in [1.82, 2.24) is 19.6 Å². The number of imidazole rings is 1. The van der Waals surface area contributed by atoms with Gasteiger partial charge in [-0.25, -0.2) is 4.98 Å². The van der Waals surface area contributed by atoms with Gasteiger partial charge in [0.15, 0.2) is 0 Å². The third-order valence-corrected chi connectivity index (χ3v) is 8.93. The maximum atomic E-state index is 13.1. The smallest absolute Gasteiger partial charge is 0.268 e. The van der Waals surface area contributed by atoms with E-state index in [9.17, 15) is 9.59 Å². The summed E-state index contributed by atoms with van der Waals surface area (Å²) < 4.78 is 1.82. The van der Waals surface area contributed by atoms with E-state index >= 15 is 0 Å². The van der Waals surface area contributed by atoms with Crippen LogP contribution in [-0.4, -0.2) is 52.3 Å². The molecule has 1 aliphatic heterocycles. The molecule has 3 N–H and O–H groups in total. The Bertz CT molecular complexity index is 1030. The van der Waals surface area contributed by atoms with Crippen molar-refractivity contribution in [3.63, 3.8) is 0 Å². The molecule has 7 nitrogen and oxygen atoms in total. The fraction of sp³-hybridized carbons (Fsp3) is 0.654. The van der Waals surface area contributed by atoms with Crippen molar-refractivity contribution in [3.8, 4) is 0 Å². The van der Waals surface area contributed by atoms with Gasteiger partial charge < -0.3 is 16.0 Å². The molecule has 2 aromatic heterocycles. The van der Waals surface area contributed by atoms with Gasteiger partial charge >= 0.3 is 0 Å². The van der Waals surface area contributed by atoms with Crippen LogP contribution in [0.3, 0.4) is 0 Å². The molecule has 3 saturated carbocycles. The van der Waals surface area contributed by atoms with E-state index in [4.69, 9.17) is 5.73 Å². The number of nitrogens with one attached hydrogen (secondary N) is 1. The van der Waals surface area contributed by atoms with E-state index in [0.717, 1.165) is 38.4 Å². The average Bonchev–Trinajstić information content (AvgIpc) is 3.24. The first-order valence-electron chi connectivity index (χ1n) is 12.6. The molecule has 6 rings (SSSR count). The molecule has 0 radical (unpaired) electrons. The number of aromatic nitrogens is 2. The highest BCUT2D eigenvalue weighted by molar-refractivity contribution is 5.93. The maximum absolute atomic E-state index is 13.1. The highest BCUT2D eigenvalue weighted by Crippen LogP contribution is 2.61. The van der Waals surface area contributed by atoms with E-state index in [1.807, 2.05) is 33.7 Å². The summed E-state index contributed by atoms with van der Waals surface area (Å²) in [6, 6.07) is 5.58. The number of piperidine rings is 1. The quantitative estimate of drug-likeness (QED) is 0.706. The molecule has 1 saturated heterocycles. The van der Waals surface area contributed by atoms with Crippen LogP contribution < -0.4 is 11.1 Å². The molecule has 2 aromatic rings. The number of likely N-dealkylation sites (tertiary alicyclic amines) is 1. The van der Waals surface area contributed by atoms with Crippen LogP contribution >= 0.6 is 0 Å². The van der Waals surface area contributed by atoms with Gasteiger partial charge in [-0.2, -0.15) is 0 Å². The van der Waals surface area contributed by atoms with E-state index in [1.165, 1.54) is 19.3 Å². The molecule has 33 heavy (non-hydrogen) atoms. The minimum absolute atomic E-state index is 0.0704. The van der Waals surface area contributed by atoms with Crippen LogP contribution in [0, 0.1) is 29.1 Å². The second-order valence-electron chi connectivity index (χ2n) is 11.0. The predicted molar refractivity (Wildman–Crippen MR) is 128 cm³/mol. The van der Waals surface area contributed by atoms with Crippen LogP contribution in [0.2, 0.25) is 0 Å². The minimum Gasteiger partial charge on any atom is -0.350 e. The second kappa shape index (κ2) is 8.75. The molecular formula is C26H37N5O2. The summed E-state index contributed by atoms with van der Waals surface area (Å²) in [5.41, 5.74) is 8.16. The van der Waals surface area contributed by atoms with Crippen LogP contribution in [0.25, 0.3) is 5.65 Å². The Hall–Kier alpha value is -2.41. The molecule has 3 aliphatic carbocycles. The molecule has 4 fully saturated rings. The Balaban J connectivity index is 1.23. The Morgan fingerprint density at radius 3 is 2.67 bits per heavy atom. The highest BCUT2D eigenvalue weighted by Gasteiger charge is 2.53. The first-order chi connectivity index (χ1) is 15.9. The Kier molecular flexibility index (Phi) is 5.93. The zero-order chi connectivity index (χ0) is 23.2. The third kappa shape index (κ3) is 4.16. The third-order valence-electron chi connectivity index (χ3n) is 8.93. The van der Waals surface area contributed by atoms with Gasteiger partial charge in [0, 0.05) is 25.8 Å². The number of hydrogen-bond acceptors (Lipinski definition) is 4. The van der Waals surface area contributed by atoms with E-state index in [0.29, 0.717) is 46.7 Å². The first kappa shape index (κ1) is 22.4. The minimum atomic E-state index is -0.0704. The zero-order valence-corrected chi connectivity index (χ0v) is 19.9. The monoisotopic (exact) mass is 451 g/mol. The van der Waals surface area contributed by atoms with Crippen LogP contribution in [0.4, 0.5) is 0 Å². The number of carbonyl (C=O) groups excluding carboxylic acids is 2. The van der Waals surface area contributed by atoms with Crippen molar-refractivity contribution in [2.75, 3.05) is 26.2 Å². The lowest BCUT2D eigenvalue weighted by Gasteiger charge is -2.60. The van der Waals surface area contributed by atoms with Gasteiger partial charge in [-0.1, -0.05) is 19.9 Å². The fourth-order valence-electron chi connectivity index (χ4n) is 6.54. The first-order valence-corrected chi connectivity index (χ1v) is 12.6. The summed E-state index contributed by atoms with van der Waals surface area (Å²) in [6.07, 6.45) is 7.84. The van der Waals surface area contributed by atoms with Gasteiger partial charge in [0.2, 0.25) is 5.91 Å². The van der Waals surface area contributed by atoms with Gasteiger partial charge in [-0.05, 0) is 79.9 Å². The number of nitrogens with zero attached hydrogens (tertiary/aromatic N) is 3. The molecule has 0 spiro atoms. The number of pyridine rings is 1. The maximum Gasteiger partial charge on any atom is 0.268 e. The van der Waals surface area contributed by atoms with Crippen molar-refractivity contribution >= 4 is 17.5 Å². The molecule has 2 bridgehead atoms. The standard InChI is InChI=1S/C26H37N5O2/c1-26(2)19-7-6-18(21(26)12-19)15-28-25(33)22-4-3-5-23-29-20(16-31(22)23)13-24(32)30-10-8-17(14-27)9-11-30/h3-5,16-19,21H,6-15,27H2,1-2H3,(H,28,33)/t18-,19+,21+/m0/s1. The molecule has 2 amide bonds. The largest absolute Gasteiger partial charge is 0.350 e. The van der Waals surface area contributed by atoms with Gasteiger partial charge in [0.05, 0.1) is 12.1 Å². The van der Waals surface area contributed by atoms with Crippen LogP contribution in [0.15, 0.2) is 24.4 Å². The number of hydrogen-bond donors (Lipinski definition) is 2. The van der Waals surface area contributed by atoms with Crippen molar-refractivity contribution in [2.45, 2.75) is 52.4 Å². The number of nitrogens with two attached hydrogens (primary N) is 1. The van der Waals surface area contributed by atoms with Crippen LogP contribution in [0.1, 0.15) is 62.1 Å². The van der Waals surface area contributed by atoms with Crippen LogP contribution in [-0.2, 0) is 11.2 Å². The molecule has 178 valence electrons. The predicted octanol–water partition coefficient (Wildman–Crippen LogP) is 2.88. The Morgan fingerprint density at radius 2 is 1.97 bits per heavy atom. The lowest BCUT2D eigenvalue weighted by Crippen LogP contribution is -2.54. The topological polar surface area (TPSA) is 92.7 Å². The van der Waals surface area contributed by atoms with Gasteiger partial charge in [0.25, 0.3) is 5.91 Å². The molecule has 7 heteroatoms. The van der Waals surface area contributed by atoms with Crippen LogP contribution in [0.5, 0.6) is 0 Å². The molecule has 0 aromatic carbocycles. The zero-order valence-electron chi connectivity index (χ0n) is 19.9. The summed E-state index contributed by atoms with van der Waals surface area (Å²) in [4.78, 5) is 32.4. The van der Waals surface area contributed by atoms with E-state index in [2.05, 4.69) is 24.1 Å². The molecule has 4 aliphatic rings. The van der Waals surface area contributed by atoms with Crippen molar-refractivity contribution in [1.29, 1.82) is 0 Å². The number of fused-ring (bicyclic) bond motifs is 3. The summed E-state index contributed by atoms with van der Waals surface area (Å²) in [5.74, 6) is 2.69. The van der Waals surface area contributed by atoms with Crippen molar-refractivity contribution < 1.29 is 9.59 Å². The van der Waals surface area contributed by atoms with Gasteiger partial charge in [-0.15, -0.1) is 0 Å². The van der Waals surface area contributed by atoms with E-state index in [1.54, 1.807) is 0 Å². The van der Waals surface area contributed by atoms with Crippen molar-refractivity contribution in [2.24, 2.45) is 34.8 Å². The Labute approximate surface area is 196 Å². The molecular weight excluding hydrogens is 414 g/mol. The summed E-state index contributed by atoms with van der Waals surface area (Å²) in [5, 5.41) is 3.19. The summed E-state index contributed by atoms with van der Waals surface area (Å²) >= 11 is 0.